The SMILES string of the molecule is Cc1cccc(-n2nnnc2SCC(=O)N2CCN(Cc3ccccc3)CC2)c1. The van der Waals surface area contributed by atoms with Gasteiger partial charge in [0.2, 0.25) is 11.1 Å². The van der Waals surface area contributed by atoms with Gasteiger partial charge in [-0.15, -0.1) is 5.10 Å². The first-order valence-corrected chi connectivity index (χ1v) is 10.7. The van der Waals surface area contributed by atoms with Gasteiger partial charge in [0, 0.05) is 32.7 Å². The number of tetrazole rings is 1. The van der Waals surface area contributed by atoms with Crippen LogP contribution in [0.4, 0.5) is 0 Å². The van der Waals surface area contributed by atoms with Crippen LogP contribution in [0.1, 0.15) is 11.1 Å². The second-order valence-corrected chi connectivity index (χ2v) is 8.09. The van der Waals surface area contributed by atoms with E-state index >= 15 is 0 Å². The third kappa shape index (κ3) is 5.02. The van der Waals surface area contributed by atoms with Crippen LogP contribution in [0.3, 0.4) is 0 Å². The smallest absolute Gasteiger partial charge is 0.233 e. The lowest BCUT2D eigenvalue weighted by molar-refractivity contribution is -0.130. The standard InChI is InChI=1S/C21H24N6OS/c1-17-6-5-9-19(14-17)27-21(22-23-24-27)29-16-20(28)26-12-10-25(11-13-26)15-18-7-3-2-4-8-18/h2-9,14H,10-13,15-16H2,1H3. The van der Waals surface area contributed by atoms with Crippen molar-refractivity contribution in [2.75, 3.05) is 31.9 Å². The van der Waals surface area contributed by atoms with Gasteiger partial charge in [-0.2, -0.15) is 4.68 Å². The minimum atomic E-state index is 0.133. The van der Waals surface area contributed by atoms with Gasteiger partial charge in [-0.1, -0.05) is 54.2 Å². The average molecular weight is 409 g/mol. The summed E-state index contributed by atoms with van der Waals surface area (Å²) in [5.74, 6) is 0.471. The number of hydrogen-bond donors (Lipinski definition) is 0. The van der Waals surface area contributed by atoms with Crippen LogP contribution in [0.5, 0.6) is 0 Å². The van der Waals surface area contributed by atoms with Crippen LogP contribution in [-0.4, -0.2) is 67.8 Å². The number of carbonyl (C=O) groups is 1. The van der Waals surface area contributed by atoms with Crippen molar-refractivity contribution < 1.29 is 4.79 Å². The summed E-state index contributed by atoms with van der Waals surface area (Å²) in [5.41, 5.74) is 3.35. The summed E-state index contributed by atoms with van der Waals surface area (Å²) in [6.07, 6.45) is 0. The lowest BCUT2D eigenvalue weighted by atomic mass is 10.2. The highest BCUT2D eigenvalue weighted by atomic mass is 32.2. The van der Waals surface area contributed by atoms with Gasteiger partial charge in [0.1, 0.15) is 0 Å². The second-order valence-electron chi connectivity index (χ2n) is 7.14. The van der Waals surface area contributed by atoms with Crippen LogP contribution in [0, 0.1) is 6.92 Å². The highest BCUT2D eigenvalue weighted by Crippen LogP contribution is 2.19. The lowest BCUT2D eigenvalue weighted by Gasteiger charge is -2.34. The molecule has 0 spiro atoms. The topological polar surface area (TPSA) is 67.2 Å². The Bertz CT molecular complexity index is 953. The molecule has 0 N–H and O–H groups in total. The molecule has 0 radical (unpaired) electrons. The van der Waals surface area contributed by atoms with E-state index in [1.807, 2.05) is 42.2 Å². The number of amides is 1. The van der Waals surface area contributed by atoms with E-state index in [1.165, 1.54) is 17.3 Å². The Morgan fingerprint density at radius 2 is 1.83 bits per heavy atom. The summed E-state index contributed by atoms with van der Waals surface area (Å²) in [4.78, 5) is 17.0. The van der Waals surface area contributed by atoms with Crippen molar-refractivity contribution in [3.63, 3.8) is 0 Å². The van der Waals surface area contributed by atoms with Crippen LogP contribution in [0.2, 0.25) is 0 Å². The molecule has 4 rings (SSSR count). The van der Waals surface area contributed by atoms with Gasteiger partial charge in [-0.05, 0) is 40.6 Å². The van der Waals surface area contributed by atoms with E-state index in [0.717, 1.165) is 44.0 Å². The number of aryl methyl sites for hydroxylation is 1. The van der Waals surface area contributed by atoms with Gasteiger partial charge < -0.3 is 4.90 Å². The maximum absolute atomic E-state index is 12.7. The molecule has 1 saturated heterocycles. The molecular weight excluding hydrogens is 384 g/mol. The molecule has 0 bridgehead atoms. The van der Waals surface area contributed by atoms with Crippen LogP contribution < -0.4 is 0 Å². The summed E-state index contributed by atoms with van der Waals surface area (Å²) in [6.45, 7) is 6.27. The monoisotopic (exact) mass is 408 g/mol. The molecule has 8 heteroatoms. The highest BCUT2D eigenvalue weighted by molar-refractivity contribution is 7.99. The Kier molecular flexibility index (Phi) is 6.21. The molecule has 2 aromatic carbocycles. The maximum Gasteiger partial charge on any atom is 0.233 e. The summed E-state index contributed by atoms with van der Waals surface area (Å²) in [7, 11) is 0. The Morgan fingerprint density at radius 1 is 1.03 bits per heavy atom. The summed E-state index contributed by atoms with van der Waals surface area (Å²) >= 11 is 1.38. The molecule has 29 heavy (non-hydrogen) atoms. The predicted octanol–water partition coefficient (Wildman–Crippen LogP) is 2.41. The largest absolute Gasteiger partial charge is 0.339 e. The minimum Gasteiger partial charge on any atom is -0.339 e. The third-order valence-electron chi connectivity index (χ3n) is 4.99. The quantitative estimate of drug-likeness (QED) is 0.584. The Labute approximate surface area is 174 Å². The zero-order valence-electron chi connectivity index (χ0n) is 16.4. The molecule has 2 heterocycles. The molecule has 3 aromatic rings. The number of piperazine rings is 1. The number of aromatic nitrogens is 4. The van der Waals surface area contributed by atoms with E-state index in [-0.39, 0.29) is 5.91 Å². The number of nitrogens with zero attached hydrogens (tertiary/aromatic N) is 6. The van der Waals surface area contributed by atoms with Crippen molar-refractivity contribution in [2.45, 2.75) is 18.6 Å². The number of hydrogen-bond acceptors (Lipinski definition) is 6. The van der Waals surface area contributed by atoms with Gasteiger partial charge >= 0.3 is 0 Å². The number of carbonyl (C=O) groups excluding carboxylic acids is 1. The average Bonchev–Trinajstić information content (AvgIpc) is 3.22. The molecule has 150 valence electrons. The summed E-state index contributed by atoms with van der Waals surface area (Å²) < 4.78 is 1.68. The van der Waals surface area contributed by atoms with Gasteiger partial charge in [0.25, 0.3) is 0 Å². The molecule has 0 aliphatic carbocycles. The van der Waals surface area contributed by atoms with E-state index < -0.39 is 0 Å². The molecule has 0 unspecified atom stereocenters. The zero-order valence-corrected chi connectivity index (χ0v) is 17.3. The van der Waals surface area contributed by atoms with Gasteiger partial charge in [-0.3, -0.25) is 9.69 Å². The molecule has 0 atom stereocenters. The van der Waals surface area contributed by atoms with Crippen molar-refractivity contribution in [1.82, 2.24) is 30.0 Å². The van der Waals surface area contributed by atoms with Crippen LogP contribution in [0.25, 0.3) is 5.69 Å². The fraction of sp³-hybridized carbons (Fsp3) is 0.333. The first-order valence-electron chi connectivity index (χ1n) is 9.71. The first-order chi connectivity index (χ1) is 14.2. The fourth-order valence-electron chi connectivity index (χ4n) is 3.41. The number of thioether (sulfide) groups is 1. The van der Waals surface area contributed by atoms with Crippen LogP contribution in [-0.2, 0) is 11.3 Å². The normalized spacial score (nSPS) is 14.9. The minimum absolute atomic E-state index is 0.133. The van der Waals surface area contributed by atoms with Gasteiger partial charge in [-0.25, -0.2) is 0 Å². The van der Waals surface area contributed by atoms with Gasteiger partial charge in [0.15, 0.2) is 0 Å². The van der Waals surface area contributed by atoms with Crippen molar-refractivity contribution in [1.29, 1.82) is 0 Å². The molecule has 1 fully saturated rings. The lowest BCUT2D eigenvalue weighted by Crippen LogP contribution is -2.48. The van der Waals surface area contributed by atoms with Crippen molar-refractivity contribution in [2.24, 2.45) is 0 Å². The van der Waals surface area contributed by atoms with E-state index in [9.17, 15) is 4.79 Å². The Balaban J connectivity index is 1.29. The molecule has 1 aliphatic heterocycles. The van der Waals surface area contributed by atoms with E-state index in [0.29, 0.717) is 10.9 Å². The summed E-state index contributed by atoms with van der Waals surface area (Å²) in [5, 5.41) is 12.6. The van der Waals surface area contributed by atoms with Gasteiger partial charge in [0.05, 0.1) is 11.4 Å². The molecule has 1 aromatic heterocycles. The molecule has 7 nitrogen and oxygen atoms in total. The van der Waals surface area contributed by atoms with Crippen LogP contribution >= 0.6 is 11.8 Å². The van der Waals surface area contributed by atoms with E-state index in [1.54, 1.807) is 4.68 Å². The Hall–Kier alpha value is -2.71. The van der Waals surface area contributed by atoms with Crippen molar-refractivity contribution in [3.8, 4) is 5.69 Å². The highest BCUT2D eigenvalue weighted by Gasteiger charge is 2.22. The molecule has 0 saturated carbocycles. The Morgan fingerprint density at radius 3 is 2.59 bits per heavy atom. The second kappa shape index (κ2) is 9.19. The van der Waals surface area contributed by atoms with Crippen molar-refractivity contribution >= 4 is 17.7 Å². The summed E-state index contributed by atoms with van der Waals surface area (Å²) in [6, 6.07) is 18.4. The van der Waals surface area contributed by atoms with Crippen molar-refractivity contribution in [3.05, 3.63) is 65.7 Å². The first kappa shape index (κ1) is 19.6. The zero-order chi connectivity index (χ0) is 20.1. The molecule has 1 aliphatic rings. The number of benzene rings is 2. The van der Waals surface area contributed by atoms with E-state index in [4.69, 9.17) is 0 Å². The predicted molar refractivity (Wildman–Crippen MR) is 113 cm³/mol. The number of rotatable bonds is 6. The fourth-order valence-corrected chi connectivity index (χ4v) is 4.20. The third-order valence-corrected chi connectivity index (χ3v) is 5.89. The molecular formula is C21H24N6OS. The van der Waals surface area contributed by atoms with E-state index in [2.05, 4.69) is 44.7 Å². The van der Waals surface area contributed by atoms with Crippen LogP contribution in [0.15, 0.2) is 59.8 Å². The maximum atomic E-state index is 12.7. The molecule has 1 amide bonds.